The van der Waals surface area contributed by atoms with Crippen LogP contribution in [0, 0.1) is 0 Å². The van der Waals surface area contributed by atoms with Crippen LogP contribution in [0.1, 0.15) is 6.42 Å². The van der Waals surface area contributed by atoms with E-state index in [9.17, 15) is 4.79 Å². The van der Waals surface area contributed by atoms with Crippen LogP contribution >= 0.6 is 11.6 Å². The van der Waals surface area contributed by atoms with Crippen molar-refractivity contribution in [1.29, 1.82) is 0 Å². The second-order valence-electron chi connectivity index (χ2n) is 5.46. The fraction of sp³-hybridized carbons (Fsp3) is 0.533. The molecule has 0 spiro atoms. The normalized spacial score (nSPS) is 22.4. The zero-order chi connectivity index (χ0) is 14.7. The number of nitrogens with one attached hydrogen (secondary N) is 1. The van der Waals surface area contributed by atoms with Crippen LogP contribution in [0.15, 0.2) is 24.3 Å². The number of benzene rings is 1. The Bertz CT molecular complexity index is 497. The van der Waals surface area contributed by atoms with Crippen molar-refractivity contribution in [1.82, 2.24) is 10.2 Å². The minimum absolute atomic E-state index is 0.0243. The number of carbonyl (C=O) groups excluding carboxylic acids is 1. The van der Waals surface area contributed by atoms with Gasteiger partial charge in [0.15, 0.2) is 0 Å². The molecule has 2 fully saturated rings. The van der Waals surface area contributed by atoms with Crippen molar-refractivity contribution in [3.05, 3.63) is 29.3 Å². The molecule has 3 rings (SSSR count). The average Bonchev–Trinajstić information content (AvgIpc) is 3.00. The van der Waals surface area contributed by atoms with E-state index in [4.69, 9.17) is 16.3 Å². The molecule has 0 radical (unpaired) electrons. The molecule has 1 N–H and O–H groups in total. The lowest BCUT2D eigenvalue weighted by Gasteiger charge is -2.36. The molecule has 0 saturated carbocycles. The Balaban J connectivity index is 1.51. The average molecular weight is 310 g/mol. The van der Waals surface area contributed by atoms with Gasteiger partial charge in [-0.1, -0.05) is 17.7 Å². The third-order valence-corrected chi connectivity index (χ3v) is 4.23. The highest BCUT2D eigenvalue weighted by Gasteiger charge is 2.24. The Morgan fingerprint density at radius 3 is 2.76 bits per heavy atom. The number of amides is 2. The first-order valence-corrected chi connectivity index (χ1v) is 7.74. The first kappa shape index (κ1) is 14.5. The Kier molecular flexibility index (Phi) is 4.51. The number of anilines is 1. The van der Waals surface area contributed by atoms with Gasteiger partial charge in [0.2, 0.25) is 0 Å². The predicted molar refractivity (Wildman–Crippen MR) is 83.0 cm³/mol. The number of rotatable bonds is 2. The van der Waals surface area contributed by atoms with Crippen molar-refractivity contribution in [3.63, 3.8) is 0 Å². The number of hydrogen-bond donors (Lipinski definition) is 1. The van der Waals surface area contributed by atoms with Crippen molar-refractivity contribution in [2.75, 3.05) is 44.3 Å². The van der Waals surface area contributed by atoms with E-state index in [1.54, 1.807) is 0 Å². The smallest absolute Gasteiger partial charge is 0.317 e. The summed E-state index contributed by atoms with van der Waals surface area (Å²) in [5.74, 6) is 0. The first-order valence-electron chi connectivity index (χ1n) is 7.36. The summed E-state index contributed by atoms with van der Waals surface area (Å²) in [6, 6.07) is 8.04. The van der Waals surface area contributed by atoms with Gasteiger partial charge in [-0.2, -0.15) is 0 Å². The van der Waals surface area contributed by atoms with Gasteiger partial charge in [0.1, 0.15) is 0 Å². The van der Waals surface area contributed by atoms with E-state index in [1.165, 1.54) is 0 Å². The van der Waals surface area contributed by atoms with E-state index in [2.05, 4.69) is 16.3 Å². The molecule has 1 unspecified atom stereocenters. The molecule has 2 aliphatic rings. The topological polar surface area (TPSA) is 44.8 Å². The summed E-state index contributed by atoms with van der Waals surface area (Å²) in [4.78, 5) is 16.3. The van der Waals surface area contributed by atoms with E-state index in [0.29, 0.717) is 6.61 Å². The zero-order valence-electron chi connectivity index (χ0n) is 11.9. The molecule has 0 aromatic heterocycles. The molecule has 0 aliphatic carbocycles. The lowest BCUT2D eigenvalue weighted by atomic mass is 10.2. The molecule has 114 valence electrons. The summed E-state index contributed by atoms with van der Waals surface area (Å²) in [7, 11) is 0. The molecule has 6 heteroatoms. The van der Waals surface area contributed by atoms with Gasteiger partial charge < -0.3 is 19.9 Å². The van der Waals surface area contributed by atoms with Crippen LogP contribution in [-0.4, -0.2) is 56.4 Å². The van der Waals surface area contributed by atoms with Gasteiger partial charge in [-0.3, -0.25) is 0 Å². The summed E-state index contributed by atoms with van der Waals surface area (Å²) < 4.78 is 5.28. The van der Waals surface area contributed by atoms with Crippen LogP contribution in [0.2, 0.25) is 5.02 Å². The van der Waals surface area contributed by atoms with Gasteiger partial charge in [-0.15, -0.1) is 0 Å². The molecule has 5 nitrogen and oxygen atoms in total. The third-order valence-electron chi connectivity index (χ3n) is 4.00. The van der Waals surface area contributed by atoms with Crippen LogP contribution in [-0.2, 0) is 4.74 Å². The highest BCUT2D eigenvalue weighted by Crippen LogP contribution is 2.20. The Labute approximate surface area is 129 Å². The van der Waals surface area contributed by atoms with E-state index in [-0.39, 0.29) is 12.1 Å². The standard InChI is InChI=1S/C15H20ClN3O2/c16-12-2-1-3-14(10-12)18-5-7-19(8-6-18)15(20)17-13-4-9-21-11-13/h1-3,10,13H,4-9,11H2,(H,17,20). The Morgan fingerprint density at radius 2 is 2.10 bits per heavy atom. The highest BCUT2D eigenvalue weighted by molar-refractivity contribution is 6.30. The SMILES string of the molecule is O=C(NC1CCOC1)N1CCN(c2cccc(Cl)c2)CC1. The van der Waals surface area contributed by atoms with Gasteiger partial charge in [0.25, 0.3) is 0 Å². The lowest BCUT2D eigenvalue weighted by Crippen LogP contribution is -2.53. The zero-order valence-corrected chi connectivity index (χ0v) is 12.7. The van der Waals surface area contributed by atoms with E-state index < -0.39 is 0 Å². The number of piperazine rings is 1. The van der Waals surface area contributed by atoms with Crippen LogP contribution in [0.25, 0.3) is 0 Å². The second kappa shape index (κ2) is 6.54. The van der Waals surface area contributed by atoms with E-state index in [1.807, 2.05) is 23.1 Å². The van der Waals surface area contributed by atoms with Gasteiger partial charge in [-0.25, -0.2) is 4.79 Å². The predicted octanol–water partition coefficient (Wildman–Crippen LogP) is 1.96. The molecule has 1 atom stereocenters. The van der Waals surface area contributed by atoms with Gasteiger partial charge in [0, 0.05) is 43.5 Å². The number of nitrogens with zero attached hydrogens (tertiary/aromatic N) is 2. The minimum Gasteiger partial charge on any atom is -0.379 e. The minimum atomic E-state index is 0.0243. The molecule has 2 heterocycles. The van der Waals surface area contributed by atoms with Crippen molar-refractivity contribution in [2.45, 2.75) is 12.5 Å². The lowest BCUT2D eigenvalue weighted by molar-refractivity contribution is 0.176. The van der Waals surface area contributed by atoms with Crippen LogP contribution < -0.4 is 10.2 Å². The number of ether oxygens (including phenoxy) is 1. The van der Waals surface area contributed by atoms with Crippen LogP contribution in [0.4, 0.5) is 10.5 Å². The highest BCUT2D eigenvalue weighted by atomic mass is 35.5. The quantitative estimate of drug-likeness (QED) is 0.908. The maximum atomic E-state index is 12.2. The fourth-order valence-electron chi connectivity index (χ4n) is 2.75. The van der Waals surface area contributed by atoms with Gasteiger partial charge in [0.05, 0.1) is 12.6 Å². The van der Waals surface area contributed by atoms with Crippen molar-refractivity contribution >= 4 is 23.3 Å². The number of carbonyl (C=O) groups is 1. The molecule has 1 aromatic carbocycles. The van der Waals surface area contributed by atoms with Crippen LogP contribution in [0.3, 0.4) is 0 Å². The fourth-order valence-corrected chi connectivity index (χ4v) is 2.94. The molecule has 1 aromatic rings. The Hall–Kier alpha value is -1.46. The molecule has 21 heavy (non-hydrogen) atoms. The van der Waals surface area contributed by atoms with Gasteiger partial charge in [-0.05, 0) is 24.6 Å². The third kappa shape index (κ3) is 3.60. The maximum Gasteiger partial charge on any atom is 0.317 e. The van der Waals surface area contributed by atoms with Crippen molar-refractivity contribution in [3.8, 4) is 0 Å². The maximum absolute atomic E-state index is 12.2. The summed E-state index contributed by atoms with van der Waals surface area (Å²) >= 11 is 6.03. The summed E-state index contributed by atoms with van der Waals surface area (Å²) in [5, 5.41) is 3.78. The monoisotopic (exact) mass is 309 g/mol. The number of halogens is 1. The second-order valence-corrected chi connectivity index (χ2v) is 5.90. The number of hydrogen-bond acceptors (Lipinski definition) is 3. The molecular weight excluding hydrogens is 290 g/mol. The van der Waals surface area contributed by atoms with Crippen molar-refractivity contribution < 1.29 is 9.53 Å². The number of urea groups is 1. The molecular formula is C15H20ClN3O2. The molecule has 2 saturated heterocycles. The Morgan fingerprint density at radius 1 is 1.29 bits per heavy atom. The summed E-state index contributed by atoms with van der Waals surface area (Å²) in [6.45, 7) is 4.49. The molecule has 2 aliphatic heterocycles. The summed E-state index contributed by atoms with van der Waals surface area (Å²) in [5.41, 5.74) is 1.12. The molecule has 2 amide bonds. The first-order chi connectivity index (χ1) is 10.2. The largest absolute Gasteiger partial charge is 0.379 e. The summed E-state index contributed by atoms with van der Waals surface area (Å²) in [6.07, 6.45) is 0.911. The molecule has 0 bridgehead atoms. The van der Waals surface area contributed by atoms with E-state index in [0.717, 1.165) is 49.9 Å². The van der Waals surface area contributed by atoms with Crippen LogP contribution in [0.5, 0.6) is 0 Å². The van der Waals surface area contributed by atoms with Crippen molar-refractivity contribution in [2.24, 2.45) is 0 Å². The van der Waals surface area contributed by atoms with Gasteiger partial charge >= 0.3 is 6.03 Å². The van der Waals surface area contributed by atoms with E-state index >= 15 is 0 Å².